The van der Waals surface area contributed by atoms with Gasteiger partial charge < -0.3 is 10.0 Å². The van der Waals surface area contributed by atoms with Gasteiger partial charge in [-0.2, -0.15) is 13.2 Å². The highest BCUT2D eigenvalue weighted by Gasteiger charge is 2.40. The zero-order chi connectivity index (χ0) is 17.9. The number of hydrogen-bond donors (Lipinski definition) is 1. The molecule has 1 radical (unpaired) electrons. The molecule has 1 aliphatic carbocycles. The molecule has 2 nitrogen and oxygen atoms in total. The van der Waals surface area contributed by atoms with Gasteiger partial charge in [-0.3, -0.25) is 0 Å². The first kappa shape index (κ1) is 18.7. The Morgan fingerprint density at radius 3 is 2.40 bits per heavy atom. The van der Waals surface area contributed by atoms with Crippen molar-refractivity contribution in [3.8, 4) is 0 Å². The molecule has 1 atom stereocenters. The third kappa shape index (κ3) is 4.56. The van der Waals surface area contributed by atoms with E-state index in [1.165, 1.54) is 12.1 Å². The minimum absolute atomic E-state index is 0.270. The van der Waals surface area contributed by atoms with Gasteiger partial charge in [0.25, 0.3) is 0 Å². The number of aliphatic hydroxyl groups is 1. The zero-order valence-corrected chi connectivity index (χ0v) is 14.6. The lowest BCUT2D eigenvalue weighted by Gasteiger charge is -2.42. The Morgan fingerprint density at radius 1 is 1.08 bits per heavy atom. The molecular formula is C20H27F3NO. The van der Waals surface area contributed by atoms with Gasteiger partial charge in [-0.1, -0.05) is 37.5 Å². The van der Waals surface area contributed by atoms with Gasteiger partial charge in [0.2, 0.25) is 0 Å². The summed E-state index contributed by atoms with van der Waals surface area (Å²) in [6.45, 7) is 2.47. The van der Waals surface area contributed by atoms with E-state index in [1.807, 2.05) is 0 Å². The van der Waals surface area contributed by atoms with Crippen molar-refractivity contribution < 1.29 is 18.3 Å². The molecule has 5 heteroatoms. The third-order valence-corrected chi connectivity index (χ3v) is 5.72. The van der Waals surface area contributed by atoms with Gasteiger partial charge in [0.05, 0.1) is 11.2 Å². The zero-order valence-electron chi connectivity index (χ0n) is 14.6. The number of rotatable bonds is 4. The summed E-state index contributed by atoms with van der Waals surface area (Å²) in [4.78, 5) is 2.29. The van der Waals surface area contributed by atoms with Gasteiger partial charge in [0.1, 0.15) is 0 Å². The summed E-state index contributed by atoms with van der Waals surface area (Å²) in [5.74, 6) is -0.270. The maximum absolute atomic E-state index is 13.2. The number of piperidine rings is 1. The standard InChI is InChI=1S/C20H27F3NO/c21-20(22,23)17-9-7-8-16(14-17)18(15-24-12-5-2-6-13-24)19(25)10-3-1-4-11-19/h2,7-9,14,18,25H,1,3-6,10-13,15H2. The highest BCUT2D eigenvalue weighted by atomic mass is 19.4. The van der Waals surface area contributed by atoms with Gasteiger partial charge in [0.15, 0.2) is 0 Å². The van der Waals surface area contributed by atoms with Crippen LogP contribution in [0, 0.1) is 6.42 Å². The normalized spacial score (nSPS) is 23.4. The summed E-state index contributed by atoms with van der Waals surface area (Å²) in [5.41, 5.74) is -0.904. The van der Waals surface area contributed by atoms with E-state index in [9.17, 15) is 18.3 Å². The molecule has 1 aromatic rings. The van der Waals surface area contributed by atoms with Crippen molar-refractivity contribution in [1.29, 1.82) is 0 Å². The molecule has 1 saturated carbocycles. The van der Waals surface area contributed by atoms with Crippen LogP contribution in [-0.2, 0) is 6.18 Å². The van der Waals surface area contributed by atoms with Crippen LogP contribution >= 0.6 is 0 Å². The third-order valence-electron chi connectivity index (χ3n) is 5.72. The Labute approximate surface area is 148 Å². The van der Waals surface area contributed by atoms with E-state index in [2.05, 4.69) is 11.3 Å². The smallest absolute Gasteiger partial charge is 0.389 e. The van der Waals surface area contributed by atoms with Crippen LogP contribution in [0.2, 0.25) is 0 Å². The highest BCUT2D eigenvalue weighted by Crippen LogP contribution is 2.42. The quantitative estimate of drug-likeness (QED) is 0.841. The molecule has 1 N–H and O–H groups in total. The molecule has 25 heavy (non-hydrogen) atoms. The molecule has 0 bridgehead atoms. The van der Waals surface area contributed by atoms with E-state index in [4.69, 9.17) is 0 Å². The van der Waals surface area contributed by atoms with Crippen LogP contribution in [0.3, 0.4) is 0 Å². The molecule has 0 spiro atoms. The predicted molar refractivity (Wildman–Crippen MR) is 92.2 cm³/mol. The largest absolute Gasteiger partial charge is 0.416 e. The van der Waals surface area contributed by atoms with Crippen LogP contribution < -0.4 is 0 Å². The average Bonchev–Trinajstić information content (AvgIpc) is 2.60. The van der Waals surface area contributed by atoms with E-state index in [0.29, 0.717) is 24.9 Å². The first-order valence-corrected chi connectivity index (χ1v) is 9.32. The summed E-state index contributed by atoms with van der Waals surface area (Å²) in [6.07, 6.45) is 4.25. The van der Waals surface area contributed by atoms with Crippen molar-refractivity contribution >= 4 is 0 Å². The number of hydrogen-bond acceptors (Lipinski definition) is 2. The molecule has 3 rings (SSSR count). The van der Waals surface area contributed by atoms with Crippen LogP contribution in [0.15, 0.2) is 24.3 Å². The molecule has 2 fully saturated rings. The fourth-order valence-electron chi connectivity index (χ4n) is 4.27. The second-order valence-corrected chi connectivity index (χ2v) is 7.51. The Kier molecular flexibility index (Phi) is 5.74. The number of alkyl halides is 3. The maximum Gasteiger partial charge on any atom is 0.416 e. The van der Waals surface area contributed by atoms with E-state index < -0.39 is 17.3 Å². The van der Waals surface area contributed by atoms with Crippen molar-refractivity contribution in [2.24, 2.45) is 0 Å². The van der Waals surface area contributed by atoms with E-state index in [1.54, 1.807) is 6.07 Å². The van der Waals surface area contributed by atoms with Crippen LogP contribution in [0.5, 0.6) is 0 Å². The van der Waals surface area contributed by atoms with E-state index >= 15 is 0 Å². The second-order valence-electron chi connectivity index (χ2n) is 7.51. The number of likely N-dealkylation sites (tertiary alicyclic amines) is 1. The predicted octanol–water partition coefficient (Wildman–Crippen LogP) is 4.78. The lowest BCUT2D eigenvalue weighted by molar-refractivity contribution is -0.137. The van der Waals surface area contributed by atoms with Crippen LogP contribution in [0.4, 0.5) is 13.2 Å². The number of nitrogens with zero attached hydrogens (tertiary/aromatic N) is 1. The molecule has 1 aromatic carbocycles. The Balaban J connectivity index is 1.89. The average molecular weight is 354 g/mol. The minimum atomic E-state index is -4.35. The van der Waals surface area contributed by atoms with Crippen molar-refractivity contribution in [2.45, 2.75) is 62.6 Å². The highest BCUT2D eigenvalue weighted by molar-refractivity contribution is 5.31. The van der Waals surface area contributed by atoms with Gasteiger partial charge in [-0.05, 0) is 56.8 Å². The van der Waals surface area contributed by atoms with Crippen LogP contribution in [0.1, 0.15) is 62.0 Å². The Morgan fingerprint density at radius 2 is 1.76 bits per heavy atom. The molecule has 2 aliphatic rings. The molecule has 1 heterocycles. The van der Waals surface area contributed by atoms with Crippen LogP contribution in [0.25, 0.3) is 0 Å². The summed E-state index contributed by atoms with van der Waals surface area (Å²) >= 11 is 0. The fraction of sp³-hybridized carbons (Fsp3) is 0.650. The lowest BCUT2D eigenvalue weighted by Crippen LogP contribution is -2.45. The van der Waals surface area contributed by atoms with Crippen molar-refractivity contribution in [3.63, 3.8) is 0 Å². The van der Waals surface area contributed by atoms with Gasteiger partial charge >= 0.3 is 6.18 Å². The molecular weight excluding hydrogens is 327 g/mol. The van der Waals surface area contributed by atoms with Crippen LogP contribution in [-0.4, -0.2) is 35.2 Å². The minimum Gasteiger partial charge on any atom is -0.389 e. The molecule has 0 aromatic heterocycles. The Hall–Kier alpha value is -1.07. The molecule has 1 saturated heterocycles. The topological polar surface area (TPSA) is 23.5 Å². The van der Waals surface area contributed by atoms with Gasteiger partial charge in [0, 0.05) is 12.5 Å². The summed E-state index contributed by atoms with van der Waals surface area (Å²) in [5, 5.41) is 11.3. The van der Waals surface area contributed by atoms with Crippen molar-refractivity contribution in [3.05, 3.63) is 41.8 Å². The number of benzene rings is 1. The van der Waals surface area contributed by atoms with Crippen molar-refractivity contribution in [2.75, 3.05) is 19.6 Å². The summed E-state index contributed by atoms with van der Waals surface area (Å²) < 4.78 is 39.5. The van der Waals surface area contributed by atoms with Gasteiger partial charge in [-0.25, -0.2) is 0 Å². The lowest BCUT2D eigenvalue weighted by atomic mass is 9.72. The molecule has 1 aliphatic heterocycles. The summed E-state index contributed by atoms with van der Waals surface area (Å²) in [6, 6.07) is 5.58. The number of halogens is 3. The Bertz CT molecular complexity index is 560. The van der Waals surface area contributed by atoms with E-state index in [-0.39, 0.29) is 5.92 Å². The first-order chi connectivity index (χ1) is 11.9. The molecule has 139 valence electrons. The van der Waals surface area contributed by atoms with Crippen molar-refractivity contribution in [1.82, 2.24) is 4.90 Å². The summed E-state index contributed by atoms with van der Waals surface area (Å²) in [7, 11) is 0. The second kappa shape index (κ2) is 7.67. The monoisotopic (exact) mass is 354 g/mol. The van der Waals surface area contributed by atoms with E-state index in [0.717, 1.165) is 51.3 Å². The fourth-order valence-corrected chi connectivity index (χ4v) is 4.27. The van der Waals surface area contributed by atoms with Gasteiger partial charge in [-0.15, -0.1) is 0 Å². The first-order valence-electron chi connectivity index (χ1n) is 9.32. The molecule has 1 unspecified atom stereocenters. The SMILES string of the molecule is OC1(C(CN2CC[CH]CC2)c2cccc(C(F)(F)F)c2)CCCCC1. The maximum atomic E-state index is 13.2. The molecule has 0 amide bonds.